The second kappa shape index (κ2) is 7.14. The van der Waals surface area contributed by atoms with Crippen molar-refractivity contribution in [3.05, 3.63) is 23.8 Å². The van der Waals surface area contributed by atoms with Crippen molar-refractivity contribution in [1.82, 2.24) is 5.32 Å². The van der Waals surface area contributed by atoms with Crippen LogP contribution in [0, 0.1) is 0 Å². The largest absolute Gasteiger partial charge is 0.486 e. The van der Waals surface area contributed by atoms with Crippen molar-refractivity contribution < 1.29 is 19.0 Å². The number of nitrogens with one attached hydrogen (secondary N) is 1. The smallest absolute Gasteiger partial charge is 0.224 e. The molecule has 0 unspecified atom stereocenters. The number of amides is 1. The normalized spacial score (nSPS) is 13.3. The molecule has 20 heavy (non-hydrogen) atoms. The monoisotopic (exact) mass is 279 g/mol. The number of fused-ring (bicyclic) bond motifs is 1. The van der Waals surface area contributed by atoms with Gasteiger partial charge < -0.3 is 19.5 Å². The zero-order valence-electron chi connectivity index (χ0n) is 12.0. The van der Waals surface area contributed by atoms with Crippen LogP contribution >= 0.6 is 0 Å². The van der Waals surface area contributed by atoms with Crippen LogP contribution in [0.5, 0.6) is 11.5 Å². The second-order valence-electron chi connectivity index (χ2n) is 4.92. The summed E-state index contributed by atoms with van der Waals surface area (Å²) < 4.78 is 16.3. The molecule has 0 saturated carbocycles. The molecule has 0 saturated heterocycles. The molecule has 110 valence electrons. The van der Waals surface area contributed by atoms with Gasteiger partial charge >= 0.3 is 0 Å². The van der Waals surface area contributed by atoms with E-state index in [1.165, 1.54) is 0 Å². The molecule has 0 aromatic heterocycles. The summed E-state index contributed by atoms with van der Waals surface area (Å²) in [5.41, 5.74) is 0.913. The molecule has 0 spiro atoms. The van der Waals surface area contributed by atoms with Crippen molar-refractivity contribution in [3.8, 4) is 11.5 Å². The Morgan fingerprint density at radius 1 is 1.30 bits per heavy atom. The molecule has 1 N–H and O–H groups in total. The summed E-state index contributed by atoms with van der Waals surface area (Å²) in [6.45, 7) is 6.12. The van der Waals surface area contributed by atoms with Gasteiger partial charge in [-0.05, 0) is 31.5 Å². The summed E-state index contributed by atoms with van der Waals surface area (Å²) in [6, 6.07) is 5.59. The standard InChI is InChI=1S/C15H21NO4/c1-11(2)18-6-5-16-15(17)10-12-3-4-13-14(9-12)20-8-7-19-13/h3-4,9,11H,5-8,10H2,1-2H3,(H,16,17). The lowest BCUT2D eigenvalue weighted by molar-refractivity contribution is -0.120. The Labute approximate surface area is 119 Å². The molecule has 1 aromatic rings. The molecule has 0 bridgehead atoms. The third-order valence-electron chi connectivity index (χ3n) is 2.85. The molecule has 5 heteroatoms. The third kappa shape index (κ3) is 4.42. The van der Waals surface area contributed by atoms with E-state index in [4.69, 9.17) is 14.2 Å². The van der Waals surface area contributed by atoms with Crippen molar-refractivity contribution in [1.29, 1.82) is 0 Å². The first-order valence-electron chi connectivity index (χ1n) is 6.92. The second-order valence-corrected chi connectivity index (χ2v) is 4.92. The molecule has 1 aliphatic heterocycles. The maximum atomic E-state index is 11.8. The highest BCUT2D eigenvalue weighted by atomic mass is 16.6. The minimum atomic E-state index is -0.0194. The predicted molar refractivity (Wildman–Crippen MR) is 75.2 cm³/mol. The van der Waals surface area contributed by atoms with Gasteiger partial charge in [-0.15, -0.1) is 0 Å². The lowest BCUT2D eigenvalue weighted by atomic mass is 10.1. The van der Waals surface area contributed by atoms with Gasteiger partial charge in [-0.2, -0.15) is 0 Å². The van der Waals surface area contributed by atoms with Crippen molar-refractivity contribution in [2.75, 3.05) is 26.4 Å². The van der Waals surface area contributed by atoms with Gasteiger partial charge in [0.05, 0.1) is 19.1 Å². The van der Waals surface area contributed by atoms with Crippen LogP contribution in [-0.4, -0.2) is 38.4 Å². The summed E-state index contributed by atoms with van der Waals surface area (Å²) in [5.74, 6) is 1.43. The quantitative estimate of drug-likeness (QED) is 0.803. The number of carbonyl (C=O) groups excluding carboxylic acids is 1. The molecular formula is C15H21NO4. The third-order valence-corrected chi connectivity index (χ3v) is 2.85. The van der Waals surface area contributed by atoms with Gasteiger partial charge in [-0.1, -0.05) is 6.07 Å². The van der Waals surface area contributed by atoms with E-state index < -0.39 is 0 Å². The first kappa shape index (κ1) is 14.7. The van der Waals surface area contributed by atoms with Gasteiger partial charge in [-0.25, -0.2) is 0 Å². The minimum absolute atomic E-state index is 0.0194. The first-order chi connectivity index (χ1) is 9.65. The average molecular weight is 279 g/mol. The van der Waals surface area contributed by atoms with Gasteiger partial charge in [0.2, 0.25) is 5.91 Å². The number of carbonyl (C=O) groups is 1. The molecule has 5 nitrogen and oxygen atoms in total. The summed E-state index contributed by atoms with van der Waals surface area (Å²) in [6.07, 6.45) is 0.517. The van der Waals surface area contributed by atoms with Crippen LogP contribution in [0.15, 0.2) is 18.2 Å². The van der Waals surface area contributed by atoms with E-state index >= 15 is 0 Å². The molecule has 1 aliphatic rings. The Bertz CT molecular complexity index is 459. The Morgan fingerprint density at radius 3 is 2.80 bits per heavy atom. The molecule has 0 aliphatic carbocycles. The molecule has 1 amide bonds. The predicted octanol–water partition coefficient (Wildman–Crippen LogP) is 1.54. The first-order valence-corrected chi connectivity index (χ1v) is 6.92. The fraction of sp³-hybridized carbons (Fsp3) is 0.533. The van der Waals surface area contributed by atoms with E-state index in [1.807, 2.05) is 32.0 Å². The van der Waals surface area contributed by atoms with Crippen LogP contribution in [0.25, 0.3) is 0 Å². The lowest BCUT2D eigenvalue weighted by Crippen LogP contribution is -2.29. The van der Waals surface area contributed by atoms with Crippen molar-refractivity contribution in [3.63, 3.8) is 0 Å². The van der Waals surface area contributed by atoms with Crippen LogP contribution in [0.3, 0.4) is 0 Å². The summed E-state index contributed by atoms with van der Waals surface area (Å²) in [4.78, 5) is 11.8. The highest BCUT2D eigenvalue weighted by Crippen LogP contribution is 2.30. The molecule has 1 aromatic carbocycles. The molecule has 1 heterocycles. The summed E-state index contributed by atoms with van der Waals surface area (Å²) in [5, 5.41) is 2.83. The highest BCUT2D eigenvalue weighted by molar-refractivity contribution is 5.78. The van der Waals surface area contributed by atoms with Gasteiger partial charge in [-0.3, -0.25) is 4.79 Å². The topological polar surface area (TPSA) is 56.8 Å². The fourth-order valence-electron chi connectivity index (χ4n) is 1.93. The van der Waals surface area contributed by atoms with E-state index in [1.54, 1.807) is 0 Å². The van der Waals surface area contributed by atoms with Gasteiger partial charge in [0.1, 0.15) is 13.2 Å². The van der Waals surface area contributed by atoms with Crippen LogP contribution in [0.4, 0.5) is 0 Å². The molecule has 0 fully saturated rings. The average Bonchev–Trinajstić information content (AvgIpc) is 2.43. The van der Waals surface area contributed by atoms with E-state index in [9.17, 15) is 4.79 Å². The van der Waals surface area contributed by atoms with Crippen LogP contribution in [-0.2, 0) is 16.0 Å². The zero-order valence-corrected chi connectivity index (χ0v) is 12.0. The minimum Gasteiger partial charge on any atom is -0.486 e. The van der Waals surface area contributed by atoms with Crippen LogP contribution in [0.1, 0.15) is 19.4 Å². The van der Waals surface area contributed by atoms with E-state index in [-0.39, 0.29) is 12.0 Å². The van der Waals surface area contributed by atoms with Gasteiger partial charge in [0.25, 0.3) is 0 Å². The van der Waals surface area contributed by atoms with Crippen molar-refractivity contribution >= 4 is 5.91 Å². The van der Waals surface area contributed by atoms with E-state index in [0.717, 1.165) is 11.3 Å². The highest BCUT2D eigenvalue weighted by Gasteiger charge is 2.12. The van der Waals surface area contributed by atoms with Gasteiger partial charge in [0, 0.05) is 6.54 Å². The van der Waals surface area contributed by atoms with Gasteiger partial charge in [0.15, 0.2) is 11.5 Å². The van der Waals surface area contributed by atoms with E-state index in [2.05, 4.69) is 5.32 Å². The number of rotatable bonds is 6. The number of ether oxygens (including phenoxy) is 3. The number of benzene rings is 1. The van der Waals surface area contributed by atoms with Crippen LogP contribution < -0.4 is 14.8 Å². The molecular weight excluding hydrogens is 258 g/mol. The summed E-state index contributed by atoms with van der Waals surface area (Å²) in [7, 11) is 0. The Hall–Kier alpha value is -1.75. The van der Waals surface area contributed by atoms with Crippen molar-refractivity contribution in [2.24, 2.45) is 0 Å². The molecule has 2 rings (SSSR count). The SMILES string of the molecule is CC(C)OCCNC(=O)Cc1ccc2c(c1)OCCO2. The number of hydrogen-bond acceptors (Lipinski definition) is 4. The maximum Gasteiger partial charge on any atom is 0.224 e. The Balaban J connectivity index is 1.79. The zero-order chi connectivity index (χ0) is 14.4. The van der Waals surface area contributed by atoms with Crippen molar-refractivity contribution in [2.45, 2.75) is 26.4 Å². The Kier molecular flexibility index (Phi) is 5.24. The fourth-order valence-corrected chi connectivity index (χ4v) is 1.93. The Morgan fingerprint density at radius 2 is 2.05 bits per heavy atom. The number of hydrogen-bond donors (Lipinski definition) is 1. The van der Waals surface area contributed by atoms with E-state index in [0.29, 0.717) is 38.5 Å². The molecule has 0 atom stereocenters. The summed E-state index contributed by atoms with van der Waals surface area (Å²) >= 11 is 0. The van der Waals surface area contributed by atoms with Crippen LogP contribution in [0.2, 0.25) is 0 Å². The lowest BCUT2D eigenvalue weighted by Gasteiger charge is -2.18. The molecule has 0 radical (unpaired) electrons. The maximum absolute atomic E-state index is 11.8.